The number of ether oxygens (including phenoxy) is 5. The van der Waals surface area contributed by atoms with E-state index in [1.54, 1.807) is 45.9 Å². The van der Waals surface area contributed by atoms with Crippen molar-refractivity contribution in [3.05, 3.63) is 60.0 Å². The Morgan fingerprint density at radius 3 is 2.27 bits per heavy atom. The van der Waals surface area contributed by atoms with Crippen molar-refractivity contribution < 1.29 is 47.3 Å². The number of nitrogens with one attached hydrogen (secondary N) is 1. The molecule has 66 heavy (non-hydrogen) atoms. The first kappa shape index (κ1) is 53.4. The number of aliphatic hydroxyl groups is 2. The van der Waals surface area contributed by atoms with E-state index in [4.69, 9.17) is 29.1 Å². The lowest BCUT2D eigenvalue weighted by Gasteiger charge is -2.47. The summed E-state index contributed by atoms with van der Waals surface area (Å²) in [5.41, 5.74) is 2.59. The lowest BCUT2D eigenvalue weighted by atomic mass is 9.74. The fraction of sp³-hybridized carbons (Fsp3) is 0.694. The van der Waals surface area contributed by atoms with Crippen molar-refractivity contribution in [2.45, 2.75) is 153 Å². The minimum absolute atomic E-state index is 0.0430. The highest BCUT2D eigenvalue weighted by Crippen LogP contribution is 2.39. The molecular formula is C49H75FN6O9S. The van der Waals surface area contributed by atoms with E-state index in [0.717, 1.165) is 23.1 Å². The van der Waals surface area contributed by atoms with Gasteiger partial charge in [-0.3, -0.25) is 9.00 Å². The fourth-order valence-electron chi connectivity index (χ4n) is 9.90. The molecule has 0 bridgehead atoms. The highest BCUT2D eigenvalue weighted by atomic mass is 32.2. The van der Waals surface area contributed by atoms with Crippen molar-refractivity contribution in [1.82, 2.24) is 24.9 Å². The molecular weight excluding hydrogens is 868 g/mol. The number of cyclic esters (lactones) is 1. The van der Waals surface area contributed by atoms with Crippen LogP contribution >= 0.6 is 0 Å². The number of pyridine rings is 1. The predicted octanol–water partition coefficient (Wildman–Crippen LogP) is 6.78. The van der Waals surface area contributed by atoms with E-state index in [2.05, 4.69) is 20.2 Å². The Labute approximate surface area is 393 Å². The maximum absolute atomic E-state index is 14.8. The topological polar surface area (TPSA) is 191 Å². The fourth-order valence-corrected chi connectivity index (χ4v) is 10.4. The quantitative estimate of drug-likeness (QED) is 0.135. The zero-order valence-electron chi connectivity index (χ0n) is 40.9. The number of nitrogens with zero attached hydrogens (tertiary/aromatic N) is 5. The zero-order chi connectivity index (χ0) is 48.6. The summed E-state index contributed by atoms with van der Waals surface area (Å²) in [5.74, 6) is -3.33. The molecule has 1 aromatic carbocycles. The molecule has 3 aromatic rings. The van der Waals surface area contributed by atoms with E-state index in [1.807, 2.05) is 85.8 Å². The third-order valence-corrected chi connectivity index (χ3v) is 15.2. The number of rotatable bonds is 15. The Kier molecular flexibility index (Phi) is 19.1. The van der Waals surface area contributed by atoms with Crippen LogP contribution in [0.3, 0.4) is 0 Å². The molecule has 3 N–H and O–H groups in total. The molecule has 2 aliphatic heterocycles. The number of methoxy groups -OCH3 is 2. The summed E-state index contributed by atoms with van der Waals surface area (Å²) < 4.78 is 59.6. The summed E-state index contributed by atoms with van der Waals surface area (Å²) in [6, 6.07) is 10.6. The van der Waals surface area contributed by atoms with Gasteiger partial charge < -0.3 is 44.2 Å². The summed E-state index contributed by atoms with van der Waals surface area (Å²) in [7, 11) is 4.02. The van der Waals surface area contributed by atoms with E-state index >= 15 is 0 Å². The van der Waals surface area contributed by atoms with Gasteiger partial charge in [-0.2, -0.15) is 0 Å². The monoisotopic (exact) mass is 943 g/mol. The number of alkyl halides is 1. The Hall–Kier alpha value is -3.55. The van der Waals surface area contributed by atoms with E-state index in [1.165, 1.54) is 4.68 Å². The summed E-state index contributed by atoms with van der Waals surface area (Å²) in [6.45, 7) is 14.8. The zero-order valence-corrected chi connectivity index (χ0v) is 41.7. The van der Waals surface area contributed by atoms with Crippen LogP contribution in [0.2, 0.25) is 0 Å². The second kappa shape index (κ2) is 23.6. The van der Waals surface area contributed by atoms with Gasteiger partial charge in [0.15, 0.2) is 6.29 Å². The molecule has 0 radical (unpaired) electrons. The molecule has 2 aromatic heterocycles. The Morgan fingerprint density at radius 1 is 1.02 bits per heavy atom. The van der Waals surface area contributed by atoms with Crippen LogP contribution in [-0.4, -0.2) is 140 Å². The first-order valence-corrected chi connectivity index (χ1v) is 24.9. The van der Waals surface area contributed by atoms with E-state index in [0.29, 0.717) is 48.7 Å². The number of likely N-dealkylation sites (N-methyl/N-ethyl adjacent to an activating group) is 1. The lowest BCUT2D eigenvalue weighted by molar-refractivity contribution is -0.270. The standard InChI is InChI=1S/C49H75FN6O9S/c1-13-40-30(4)44(57)31(5)43(51)28(2)24-49(8,62-11)47(32(6)45(58)33(7)48(59)64-40)65-42-23-38(22-29(3)63-42)55(9)21-20-37-27-56(54-53-37)39(25-50)46(61-10)35-16-14-34(15-17-35)36-18-19-41(52-26-36)66(12)60/h14-19,26-33,38-40,42,44-47,51,57-58H,13,20-25H2,1-12H3/t28-,29-,30+,31+,32+,33-,38+,39-,40-,42+,44+,45+,46-,47-,49-,66?/m1/s1. The first-order chi connectivity index (χ1) is 31.3. The summed E-state index contributed by atoms with van der Waals surface area (Å²) >= 11 is 0. The van der Waals surface area contributed by atoms with Crippen LogP contribution < -0.4 is 0 Å². The van der Waals surface area contributed by atoms with Crippen molar-refractivity contribution in [3.8, 4) is 11.1 Å². The lowest BCUT2D eigenvalue weighted by Crippen LogP contribution is -2.56. The smallest absolute Gasteiger partial charge is 0.311 e. The van der Waals surface area contributed by atoms with Crippen molar-refractivity contribution in [3.63, 3.8) is 0 Å². The van der Waals surface area contributed by atoms with Crippen LogP contribution in [-0.2, 0) is 45.7 Å². The largest absolute Gasteiger partial charge is 0.462 e. The molecule has 2 saturated heterocycles. The van der Waals surface area contributed by atoms with Gasteiger partial charge in [-0.15, -0.1) is 5.10 Å². The van der Waals surface area contributed by atoms with Crippen LogP contribution in [0, 0.1) is 35.0 Å². The molecule has 0 spiro atoms. The van der Waals surface area contributed by atoms with E-state index < -0.39 is 95.6 Å². The number of aromatic nitrogens is 4. The highest BCUT2D eigenvalue weighted by molar-refractivity contribution is 7.84. The average Bonchev–Trinajstić information content (AvgIpc) is 3.79. The van der Waals surface area contributed by atoms with Gasteiger partial charge in [-0.05, 0) is 70.2 Å². The highest BCUT2D eigenvalue weighted by Gasteiger charge is 2.48. The van der Waals surface area contributed by atoms with Gasteiger partial charge in [0.2, 0.25) is 0 Å². The van der Waals surface area contributed by atoms with Crippen molar-refractivity contribution >= 4 is 22.5 Å². The molecule has 368 valence electrons. The molecule has 17 heteroatoms. The van der Waals surface area contributed by atoms with Gasteiger partial charge in [-0.25, -0.2) is 14.1 Å². The molecule has 15 nitrogen and oxygen atoms in total. The normalized spacial score (nSPS) is 33.2. The minimum atomic E-state index is -1.17. The third-order valence-electron chi connectivity index (χ3n) is 14.4. The molecule has 0 aliphatic carbocycles. The van der Waals surface area contributed by atoms with Gasteiger partial charge in [0.1, 0.15) is 30.0 Å². The van der Waals surface area contributed by atoms with Crippen LogP contribution in [0.15, 0.2) is 53.8 Å². The van der Waals surface area contributed by atoms with E-state index in [-0.39, 0.29) is 18.1 Å². The van der Waals surface area contributed by atoms with Crippen LogP contribution in [0.25, 0.3) is 11.1 Å². The van der Waals surface area contributed by atoms with Crippen LogP contribution in [0.1, 0.15) is 104 Å². The number of benzene rings is 1. The molecule has 1 unspecified atom stereocenters. The average molecular weight is 943 g/mol. The minimum Gasteiger partial charge on any atom is -0.462 e. The van der Waals surface area contributed by atoms with Crippen LogP contribution in [0.4, 0.5) is 4.39 Å². The van der Waals surface area contributed by atoms with Crippen LogP contribution in [0.5, 0.6) is 0 Å². The van der Waals surface area contributed by atoms with Gasteiger partial charge in [-0.1, -0.05) is 70.2 Å². The molecule has 0 saturated carbocycles. The number of halogens is 1. The Morgan fingerprint density at radius 2 is 1.68 bits per heavy atom. The molecule has 16 atom stereocenters. The van der Waals surface area contributed by atoms with Gasteiger partial charge >= 0.3 is 5.97 Å². The maximum atomic E-state index is 14.8. The molecule has 0 amide bonds. The summed E-state index contributed by atoms with van der Waals surface area (Å²) in [4.78, 5) is 20.1. The van der Waals surface area contributed by atoms with Gasteiger partial charge in [0, 0.05) is 87.3 Å². The molecule has 2 fully saturated rings. The molecule has 2 aliphatic rings. The first-order valence-electron chi connectivity index (χ1n) is 23.4. The number of hydrogen-bond donors (Lipinski definition) is 3. The number of hydrogen-bond acceptors (Lipinski definition) is 14. The van der Waals surface area contributed by atoms with Gasteiger partial charge in [0.25, 0.3) is 0 Å². The molecule has 4 heterocycles. The predicted molar refractivity (Wildman–Crippen MR) is 251 cm³/mol. The van der Waals surface area contributed by atoms with Crippen molar-refractivity contribution in [1.29, 1.82) is 5.41 Å². The molecule has 5 rings (SSSR count). The number of esters is 1. The number of aliphatic hydroxyl groups excluding tert-OH is 2. The Balaban J connectivity index is 1.28. The number of carbonyl (C=O) groups excluding carboxylic acids is 1. The second-order valence-corrected chi connectivity index (χ2v) is 20.4. The maximum Gasteiger partial charge on any atom is 0.311 e. The Bertz CT molecular complexity index is 2050. The van der Waals surface area contributed by atoms with Crippen molar-refractivity contribution in [2.75, 3.05) is 40.7 Å². The SMILES string of the molecule is CC[C@H]1OC(=O)[C@H](C)[C@@H](O)[C@H](C)[C@@H](O[C@H]2C[C@@H](N(C)CCc3cn([C@H](CF)[C@H](OC)c4ccc(-c5ccc(S(C)=O)nc5)cc4)nn3)C[C@@H](C)O2)[C@](C)(OC)C[C@@H](C)C(=N)[C@H](C)[C@@H](O)[C@H]1C. The summed E-state index contributed by atoms with van der Waals surface area (Å²) in [6.07, 6.45) is 2.74. The van der Waals surface area contributed by atoms with Crippen molar-refractivity contribution in [2.24, 2.45) is 29.6 Å². The summed E-state index contributed by atoms with van der Waals surface area (Å²) in [5, 5.41) is 41.7. The second-order valence-electron chi connectivity index (χ2n) is 19.1. The van der Waals surface area contributed by atoms with Gasteiger partial charge in [0.05, 0.1) is 52.4 Å². The van der Waals surface area contributed by atoms with E-state index in [9.17, 15) is 23.6 Å². The third kappa shape index (κ3) is 12.6. The number of carbonyl (C=O) groups is 1.